The molecule has 13 heteroatoms. The molecular formula is C65H88O10SSi2. The van der Waals surface area contributed by atoms with E-state index in [1.165, 1.54) is 10.4 Å². The van der Waals surface area contributed by atoms with Gasteiger partial charge in [-0.3, -0.25) is 0 Å². The van der Waals surface area contributed by atoms with E-state index in [9.17, 15) is 0 Å². The predicted octanol–water partition coefficient (Wildman–Crippen LogP) is 12.8. The molecule has 4 heterocycles. The Kier molecular flexibility index (Phi) is 19.2. The third-order valence-electron chi connectivity index (χ3n) is 17.8. The maximum Gasteiger partial charge on any atom is 0.261 e. The van der Waals surface area contributed by atoms with Crippen molar-refractivity contribution < 1.29 is 45.7 Å². The maximum atomic E-state index is 15.5. The van der Waals surface area contributed by atoms with Crippen molar-refractivity contribution in [3.63, 3.8) is 0 Å². The highest BCUT2D eigenvalue weighted by Crippen LogP contribution is 2.54. The van der Waals surface area contributed by atoms with Gasteiger partial charge in [-0.1, -0.05) is 181 Å². The van der Waals surface area contributed by atoms with Gasteiger partial charge in [0.25, 0.3) is 8.32 Å². The van der Waals surface area contributed by atoms with E-state index in [4.69, 9.17) is 37.3 Å². The van der Waals surface area contributed by atoms with E-state index in [1.807, 2.05) is 43.3 Å². The molecule has 4 saturated heterocycles. The van der Waals surface area contributed by atoms with Crippen LogP contribution in [0.25, 0.3) is 0 Å². The van der Waals surface area contributed by atoms with Crippen LogP contribution in [0, 0.1) is 6.92 Å². The molecule has 0 aromatic heterocycles. The monoisotopic (exact) mass is 1120 g/mol. The molecule has 78 heavy (non-hydrogen) atoms. The minimum absolute atomic E-state index is 0.0626. The van der Waals surface area contributed by atoms with Gasteiger partial charge in [0.2, 0.25) is 14.8 Å². The fourth-order valence-electron chi connectivity index (χ4n) is 12.9. The van der Waals surface area contributed by atoms with Crippen LogP contribution in [0.15, 0.2) is 150 Å². The van der Waals surface area contributed by atoms with Crippen LogP contribution in [0.4, 0.5) is 0 Å². The van der Waals surface area contributed by atoms with E-state index in [0.29, 0.717) is 65.0 Å². The van der Waals surface area contributed by atoms with Crippen LogP contribution < -0.4 is 10.4 Å². The Bertz CT molecular complexity index is 2700. The Hall–Kier alpha value is -3.84. The van der Waals surface area contributed by atoms with Crippen molar-refractivity contribution in [2.45, 2.75) is 214 Å². The Labute approximate surface area is 469 Å². The van der Waals surface area contributed by atoms with E-state index in [1.54, 1.807) is 12.1 Å². The lowest BCUT2D eigenvalue weighted by Gasteiger charge is -2.52. The van der Waals surface area contributed by atoms with Gasteiger partial charge in [0.1, 0.15) is 12.2 Å². The standard InChI is InChI=1S/C65H88O10SSi2/c1-9-77(10-2,11-3)75-56-40-41-64(8)61(45-58-62(74-64)57(69-48-51-28-18-13-19-29-51)44-52(71-58)30-24-42-68-47-50-26-16-12-17-27-50)72-59(56)46-65(76(66,67)53-38-36-49(4)37-39-53)60(73-65)35-25-43-70-78(63(5,6)7,54-31-20-14-21-32-54)55-33-22-15-23-34-55/h12-23,26-29,31-34,36-39,52,56-62H,9-11,24-25,30,35,40-48H2,1-8H3/t52-,56+,57+,58-,59-,60+,61+,62+,64-,65-/m1/s1. The molecule has 0 saturated carbocycles. The lowest BCUT2D eigenvalue weighted by molar-refractivity contribution is -0.298. The molecule has 0 amide bonds. The zero-order valence-electron chi connectivity index (χ0n) is 47.8. The second kappa shape index (κ2) is 25.5. The second-order valence-electron chi connectivity index (χ2n) is 23.9. The molecule has 0 bridgehead atoms. The summed E-state index contributed by atoms with van der Waals surface area (Å²) < 4.78 is 87.7. The number of benzene rings is 5. The summed E-state index contributed by atoms with van der Waals surface area (Å²) in [5, 5.41) is 2.23. The topological polar surface area (TPSA) is 111 Å². The first kappa shape index (κ1) is 58.8. The molecule has 9 rings (SSSR count). The molecule has 4 fully saturated rings. The Morgan fingerprint density at radius 2 is 1.24 bits per heavy atom. The summed E-state index contributed by atoms with van der Waals surface area (Å²) in [5.74, 6) is 0. The van der Waals surface area contributed by atoms with Gasteiger partial charge in [0, 0.05) is 32.5 Å². The van der Waals surface area contributed by atoms with E-state index < -0.39 is 55.3 Å². The molecule has 5 aromatic rings. The third kappa shape index (κ3) is 12.9. The van der Waals surface area contributed by atoms with Gasteiger partial charge in [0.15, 0.2) is 8.32 Å². The lowest BCUT2D eigenvalue weighted by atomic mass is 9.81. The van der Waals surface area contributed by atoms with Crippen LogP contribution in [0.5, 0.6) is 0 Å². The molecule has 4 aliphatic rings. The molecule has 4 aliphatic heterocycles. The molecule has 0 aliphatic carbocycles. The van der Waals surface area contributed by atoms with Gasteiger partial charge in [0.05, 0.1) is 60.3 Å². The molecule has 422 valence electrons. The summed E-state index contributed by atoms with van der Waals surface area (Å²) in [7, 11) is -9.15. The molecule has 0 N–H and O–H groups in total. The van der Waals surface area contributed by atoms with Crippen LogP contribution in [0.2, 0.25) is 23.2 Å². The number of fused-ring (bicyclic) bond motifs is 2. The van der Waals surface area contributed by atoms with Crippen LogP contribution in [-0.2, 0) is 60.3 Å². The van der Waals surface area contributed by atoms with Gasteiger partial charge in [-0.15, -0.1) is 0 Å². The van der Waals surface area contributed by atoms with Gasteiger partial charge >= 0.3 is 0 Å². The molecule has 0 spiro atoms. The minimum atomic E-state index is -4.06. The molecule has 10 nitrogen and oxygen atoms in total. The highest BCUT2D eigenvalue weighted by atomic mass is 32.2. The number of hydrogen-bond donors (Lipinski definition) is 0. The number of ether oxygens (including phenoxy) is 6. The molecule has 5 aromatic carbocycles. The smallest absolute Gasteiger partial charge is 0.261 e. The van der Waals surface area contributed by atoms with Crippen molar-refractivity contribution in [2.24, 2.45) is 0 Å². The number of aryl methyl sites for hydroxylation is 1. The molecule has 0 radical (unpaired) electrons. The maximum absolute atomic E-state index is 15.5. The van der Waals surface area contributed by atoms with Gasteiger partial charge in [-0.2, -0.15) is 0 Å². The molecule has 0 unspecified atom stereocenters. The third-order valence-corrected chi connectivity index (χ3v) is 29.8. The van der Waals surface area contributed by atoms with Crippen molar-refractivity contribution in [2.75, 3.05) is 13.2 Å². The number of sulfone groups is 1. The summed E-state index contributed by atoms with van der Waals surface area (Å²) >= 11 is 0. The first-order chi connectivity index (χ1) is 37.6. The fourth-order valence-corrected chi connectivity index (χ4v) is 22.4. The normalized spacial score (nSPS) is 27.6. The second-order valence-corrected chi connectivity index (χ2v) is 35.1. The van der Waals surface area contributed by atoms with E-state index in [0.717, 1.165) is 47.7 Å². The highest BCUT2D eigenvalue weighted by molar-refractivity contribution is 7.93. The van der Waals surface area contributed by atoms with Crippen molar-refractivity contribution >= 4 is 36.8 Å². The summed E-state index contributed by atoms with van der Waals surface area (Å²) in [4.78, 5) is -1.28. The average molecular weight is 1120 g/mol. The number of rotatable bonds is 25. The van der Waals surface area contributed by atoms with E-state index >= 15 is 8.42 Å². The van der Waals surface area contributed by atoms with Crippen molar-refractivity contribution in [3.8, 4) is 0 Å². The first-order valence-electron chi connectivity index (χ1n) is 29.3. The zero-order valence-corrected chi connectivity index (χ0v) is 50.6. The van der Waals surface area contributed by atoms with Gasteiger partial charge in [-0.25, -0.2) is 8.42 Å². The SMILES string of the molecule is CC[Si](CC)(CC)O[C@H]1CC[C@@]2(C)O[C@H]3[C@@H](OCc4ccccc4)C[C@@H](CCCOCc4ccccc4)O[C@@H]3C[C@@H]2O[C@@H]1C[C@]1(S(=O)(=O)c2ccc(C)cc2)O[C@H]1CCCO[Si](c1ccccc1)(c1ccccc1)C(C)(C)C. The van der Waals surface area contributed by atoms with Gasteiger partial charge in [-0.05, 0) is 109 Å². The van der Waals surface area contributed by atoms with Crippen molar-refractivity contribution in [1.29, 1.82) is 0 Å². The van der Waals surface area contributed by atoms with E-state index in [2.05, 4.69) is 146 Å². The predicted molar refractivity (Wildman–Crippen MR) is 315 cm³/mol. The van der Waals surface area contributed by atoms with E-state index in [-0.39, 0.29) is 46.9 Å². The summed E-state index contributed by atoms with van der Waals surface area (Å²) in [6.45, 7) is 19.9. The summed E-state index contributed by atoms with van der Waals surface area (Å²) in [6, 6.07) is 52.0. The fraction of sp³-hybridized carbons (Fsp3) is 0.538. The van der Waals surface area contributed by atoms with Crippen LogP contribution in [-0.4, -0.2) is 97.6 Å². The number of epoxide rings is 1. The van der Waals surface area contributed by atoms with Crippen molar-refractivity contribution in [1.82, 2.24) is 0 Å². The largest absolute Gasteiger partial charge is 0.411 e. The number of hydrogen-bond acceptors (Lipinski definition) is 10. The summed E-state index contributed by atoms with van der Waals surface area (Å²) in [5.41, 5.74) is 2.55. The van der Waals surface area contributed by atoms with Gasteiger partial charge < -0.3 is 37.3 Å². The summed E-state index contributed by atoms with van der Waals surface area (Å²) in [6.07, 6.45) is 2.72. The Morgan fingerprint density at radius 3 is 1.83 bits per heavy atom. The molecular weight excluding hydrogens is 1030 g/mol. The van der Waals surface area contributed by atoms with Crippen molar-refractivity contribution in [3.05, 3.63) is 162 Å². The minimum Gasteiger partial charge on any atom is -0.411 e. The lowest BCUT2D eigenvalue weighted by Crippen LogP contribution is -2.66. The Balaban J connectivity index is 0.989. The highest BCUT2D eigenvalue weighted by Gasteiger charge is 2.68. The Morgan fingerprint density at radius 1 is 0.667 bits per heavy atom. The zero-order chi connectivity index (χ0) is 55.0. The van der Waals surface area contributed by atoms with Crippen LogP contribution in [0.1, 0.15) is 123 Å². The average Bonchev–Trinajstić information content (AvgIpc) is 4.06. The van der Waals surface area contributed by atoms with Crippen LogP contribution in [0.3, 0.4) is 0 Å². The quantitative estimate of drug-likeness (QED) is 0.0318. The van der Waals surface area contributed by atoms with Crippen LogP contribution >= 0.6 is 0 Å². The molecule has 10 atom stereocenters. The first-order valence-corrected chi connectivity index (χ1v) is 35.2.